The first-order valence-corrected chi connectivity index (χ1v) is 8.35. The van der Waals surface area contributed by atoms with Gasteiger partial charge in [-0.25, -0.2) is 13.2 Å². The molecule has 0 aliphatic rings. The second-order valence-electron chi connectivity index (χ2n) is 6.22. The van der Waals surface area contributed by atoms with Crippen LogP contribution in [0.5, 0.6) is 0 Å². The minimum Gasteiger partial charge on any atom is -0.355 e. The van der Waals surface area contributed by atoms with Gasteiger partial charge in [0.05, 0.1) is 23.5 Å². The van der Waals surface area contributed by atoms with Crippen LogP contribution >= 0.6 is 0 Å². The number of pyridine rings is 1. The smallest absolute Gasteiger partial charge is 0.355 e. The van der Waals surface area contributed by atoms with Crippen LogP contribution in [0.1, 0.15) is 22.3 Å². The van der Waals surface area contributed by atoms with Crippen molar-refractivity contribution in [2.24, 2.45) is 0 Å². The summed E-state index contributed by atoms with van der Waals surface area (Å²) in [5.74, 6) is -2.65. The lowest BCUT2D eigenvalue weighted by atomic mass is 9.99. The quantitative estimate of drug-likeness (QED) is 0.509. The van der Waals surface area contributed by atoms with Gasteiger partial charge >= 0.3 is 6.18 Å². The summed E-state index contributed by atoms with van der Waals surface area (Å²) in [5, 5.41) is 2.59. The Bertz CT molecular complexity index is 1040. The van der Waals surface area contributed by atoms with Crippen LogP contribution in [0.2, 0.25) is 0 Å². The molecule has 2 aromatic carbocycles. The third kappa shape index (κ3) is 4.59. The van der Waals surface area contributed by atoms with Crippen molar-refractivity contribution in [2.75, 3.05) is 5.32 Å². The third-order valence-corrected chi connectivity index (χ3v) is 4.21. The first-order chi connectivity index (χ1) is 13.7. The van der Waals surface area contributed by atoms with Crippen LogP contribution in [0.3, 0.4) is 0 Å². The van der Waals surface area contributed by atoms with E-state index < -0.39 is 34.8 Å². The molecule has 0 amide bonds. The lowest BCUT2D eigenvalue weighted by Crippen LogP contribution is -2.10. The van der Waals surface area contributed by atoms with E-state index in [0.29, 0.717) is 0 Å². The number of alkyl halides is 3. The summed E-state index contributed by atoms with van der Waals surface area (Å²) in [4.78, 5) is 3.36. The molecule has 0 radical (unpaired) electrons. The predicted octanol–water partition coefficient (Wildman–Crippen LogP) is 6.19. The molecule has 8 heteroatoms. The lowest BCUT2D eigenvalue weighted by Gasteiger charge is -2.14. The van der Waals surface area contributed by atoms with Gasteiger partial charge in [0.1, 0.15) is 5.82 Å². The topological polar surface area (TPSA) is 24.9 Å². The van der Waals surface area contributed by atoms with Crippen LogP contribution in [0.4, 0.5) is 32.0 Å². The number of anilines is 1. The summed E-state index contributed by atoms with van der Waals surface area (Å²) in [5.41, 5.74) is -1.32. The molecule has 29 heavy (non-hydrogen) atoms. The maximum Gasteiger partial charge on any atom is 0.416 e. The average molecular weight is 408 g/mol. The molecular weight excluding hydrogens is 394 g/mol. The molecule has 0 unspecified atom stereocenters. The molecule has 0 aliphatic carbocycles. The van der Waals surface area contributed by atoms with Gasteiger partial charge in [-0.05, 0) is 29.3 Å². The van der Waals surface area contributed by atoms with Gasteiger partial charge in [-0.2, -0.15) is 13.2 Å². The second-order valence-corrected chi connectivity index (χ2v) is 6.22. The first kappa shape index (κ1) is 20.4. The Labute approximate surface area is 162 Å². The summed E-state index contributed by atoms with van der Waals surface area (Å²) < 4.78 is 81.3. The fourth-order valence-electron chi connectivity index (χ4n) is 2.86. The minimum atomic E-state index is -4.55. The minimum absolute atomic E-state index is 0.0409. The van der Waals surface area contributed by atoms with Gasteiger partial charge in [-0.15, -0.1) is 0 Å². The van der Waals surface area contributed by atoms with Gasteiger partial charge in [0, 0.05) is 17.8 Å². The molecule has 0 fully saturated rings. The zero-order chi connectivity index (χ0) is 21.2. The molecule has 3 aromatic rings. The van der Waals surface area contributed by atoms with Crippen LogP contribution < -0.4 is 5.32 Å². The van der Waals surface area contributed by atoms with Crippen molar-refractivity contribution in [3.05, 3.63) is 101 Å². The van der Waals surface area contributed by atoms with Crippen molar-refractivity contribution in [3.63, 3.8) is 0 Å². The Kier molecular flexibility index (Phi) is 5.63. The number of rotatable bonds is 5. The summed E-state index contributed by atoms with van der Waals surface area (Å²) in [6.07, 6.45) is -3.19. The van der Waals surface area contributed by atoms with Gasteiger partial charge in [0.25, 0.3) is 0 Å². The van der Waals surface area contributed by atoms with Crippen molar-refractivity contribution in [1.82, 2.24) is 4.98 Å². The molecule has 0 spiro atoms. The Hall–Kier alpha value is -3.29. The molecule has 3 rings (SSSR count). The standard InChI is InChI=1S/C21H14F6N2/c1-12(20-18(23)10-28-11-19(20)24)29-15-7-6-14(17(22)9-15)8-13-4-2-3-5-16(13)21(25,26)27/h2-7,9-11,29H,1,8H2. The van der Waals surface area contributed by atoms with E-state index in [1.807, 2.05) is 0 Å². The third-order valence-electron chi connectivity index (χ3n) is 4.21. The molecule has 0 saturated carbocycles. The highest BCUT2D eigenvalue weighted by atomic mass is 19.4. The van der Waals surface area contributed by atoms with E-state index in [1.165, 1.54) is 30.3 Å². The van der Waals surface area contributed by atoms with Crippen LogP contribution in [0.15, 0.2) is 61.4 Å². The summed E-state index contributed by atoms with van der Waals surface area (Å²) in [6, 6.07) is 8.64. The number of nitrogens with one attached hydrogen (secondary N) is 1. The molecule has 1 aromatic heterocycles. The highest BCUT2D eigenvalue weighted by Gasteiger charge is 2.32. The number of hydrogen-bond acceptors (Lipinski definition) is 2. The molecule has 2 nitrogen and oxygen atoms in total. The van der Waals surface area contributed by atoms with Gasteiger partial charge < -0.3 is 5.32 Å². The van der Waals surface area contributed by atoms with E-state index >= 15 is 0 Å². The van der Waals surface area contributed by atoms with Crippen molar-refractivity contribution >= 4 is 11.4 Å². The lowest BCUT2D eigenvalue weighted by molar-refractivity contribution is -0.138. The van der Waals surface area contributed by atoms with E-state index in [4.69, 9.17) is 0 Å². The number of benzene rings is 2. The summed E-state index contributed by atoms with van der Waals surface area (Å²) in [7, 11) is 0. The van der Waals surface area contributed by atoms with Crippen molar-refractivity contribution in [1.29, 1.82) is 0 Å². The number of halogens is 6. The molecule has 0 aliphatic heterocycles. The predicted molar refractivity (Wildman–Crippen MR) is 97.5 cm³/mol. The van der Waals surface area contributed by atoms with Crippen LogP contribution in [0.25, 0.3) is 5.70 Å². The molecule has 0 atom stereocenters. The Morgan fingerprint density at radius 2 is 1.55 bits per heavy atom. The Balaban J connectivity index is 1.82. The van der Waals surface area contributed by atoms with Gasteiger partial charge in [0.15, 0.2) is 11.6 Å². The maximum atomic E-state index is 14.5. The van der Waals surface area contributed by atoms with Gasteiger partial charge in [0.2, 0.25) is 0 Å². The maximum absolute atomic E-state index is 14.5. The van der Waals surface area contributed by atoms with Gasteiger partial charge in [-0.3, -0.25) is 4.98 Å². The zero-order valence-electron chi connectivity index (χ0n) is 14.8. The molecule has 0 saturated heterocycles. The fraction of sp³-hybridized carbons (Fsp3) is 0.0952. The average Bonchev–Trinajstić information content (AvgIpc) is 2.63. The summed E-state index contributed by atoms with van der Waals surface area (Å²) >= 11 is 0. The van der Waals surface area contributed by atoms with Crippen LogP contribution in [0, 0.1) is 17.5 Å². The normalized spacial score (nSPS) is 11.4. The van der Waals surface area contributed by atoms with Crippen molar-refractivity contribution in [2.45, 2.75) is 12.6 Å². The van der Waals surface area contributed by atoms with E-state index in [2.05, 4.69) is 16.9 Å². The first-order valence-electron chi connectivity index (χ1n) is 8.35. The van der Waals surface area contributed by atoms with Crippen LogP contribution in [-0.4, -0.2) is 4.98 Å². The summed E-state index contributed by atoms with van der Waals surface area (Å²) in [6.45, 7) is 3.53. The highest BCUT2D eigenvalue weighted by Crippen LogP contribution is 2.33. The Morgan fingerprint density at radius 1 is 0.897 bits per heavy atom. The molecule has 0 bridgehead atoms. The molecule has 1 N–H and O–H groups in total. The molecular formula is C21H14F6N2. The van der Waals surface area contributed by atoms with E-state index in [1.54, 1.807) is 0 Å². The molecule has 1 heterocycles. The SMILES string of the molecule is C=C(Nc1ccc(Cc2ccccc2C(F)(F)F)c(F)c1)c1c(F)cncc1F. The largest absolute Gasteiger partial charge is 0.416 e. The van der Waals surface area contributed by atoms with Gasteiger partial charge in [-0.1, -0.05) is 30.8 Å². The highest BCUT2D eigenvalue weighted by molar-refractivity contribution is 5.75. The van der Waals surface area contributed by atoms with Crippen molar-refractivity contribution in [3.8, 4) is 0 Å². The molecule has 150 valence electrons. The van der Waals surface area contributed by atoms with Crippen LogP contribution in [-0.2, 0) is 12.6 Å². The van der Waals surface area contributed by atoms with E-state index in [0.717, 1.165) is 24.5 Å². The second kappa shape index (κ2) is 7.98. The van der Waals surface area contributed by atoms with E-state index in [-0.39, 0.29) is 28.9 Å². The Morgan fingerprint density at radius 3 is 2.17 bits per heavy atom. The zero-order valence-corrected chi connectivity index (χ0v) is 14.8. The van der Waals surface area contributed by atoms with E-state index in [9.17, 15) is 26.3 Å². The number of nitrogens with zero attached hydrogens (tertiary/aromatic N) is 1. The number of aromatic nitrogens is 1. The monoisotopic (exact) mass is 408 g/mol. The number of hydrogen-bond donors (Lipinski definition) is 1. The van der Waals surface area contributed by atoms with Crippen molar-refractivity contribution < 1.29 is 26.3 Å². The fourth-order valence-corrected chi connectivity index (χ4v) is 2.86.